The van der Waals surface area contributed by atoms with Crippen molar-refractivity contribution in [3.8, 4) is 0 Å². The number of aromatic nitrogens is 3. The first-order valence-electron chi connectivity index (χ1n) is 9.37. The van der Waals surface area contributed by atoms with E-state index in [1.165, 1.54) is 10.6 Å². The molecule has 3 heterocycles. The maximum Gasteiger partial charge on any atom is 0.250 e. The fourth-order valence-corrected chi connectivity index (χ4v) is 3.27. The van der Waals surface area contributed by atoms with Crippen LogP contribution < -0.4 is 10.9 Å². The highest BCUT2D eigenvalue weighted by Crippen LogP contribution is 2.19. The number of hydrogen-bond acceptors (Lipinski definition) is 4. The lowest BCUT2D eigenvalue weighted by Crippen LogP contribution is -2.41. The van der Waals surface area contributed by atoms with Gasteiger partial charge in [-0.25, -0.2) is 0 Å². The van der Waals surface area contributed by atoms with Crippen molar-refractivity contribution >= 4 is 11.8 Å². The number of nitrogens with one attached hydrogen (secondary N) is 1. The Morgan fingerprint density at radius 2 is 2.07 bits per heavy atom. The van der Waals surface area contributed by atoms with Gasteiger partial charge in [0, 0.05) is 37.7 Å². The first-order valence-corrected chi connectivity index (χ1v) is 9.37. The van der Waals surface area contributed by atoms with Crippen molar-refractivity contribution in [2.75, 3.05) is 6.54 Å². The highest BCUT2D eigenvalue weighted by atomic mass is 16.2. The van der Waals surface area contributed by atoms with Gasteiger partial charge in [-0.05, 0) is 25.0 Å². The van der Waals surface area contributed by atoms with Gasteiger partial charge >= 0.3 is 0 Å². The predicted octanol–water partition coefficient (Wildman–Crippen LogP) is 0.298. The molecule has 2 amide bonds. The van der Waals surface area contributed by atoms with Gasteiger partial charge in [0.05, 0.1) is 24.5 Å². The highest BCUT2D eigenvalue weighted by Gasteiger charge is 2.24. The number of amides is 2. The summed E-state index contributed by atoms with van der Waals surface area (Å²) in [5.41, 5.74) is 1.66. The molecule has 8 nitrogen and oxygen atoms in total. The zero-order chi connectivity index (χ0) is 18.8. The summed E-state index contributed by atoms with van der Waals surface area (Å²) in [5.74, 6) is -0.00492. The maximum absolute atomic E-state index is 12.5. The first kappa shape index (κ1) is 17.5. The molecule has 27 heavy (non-hydrogen) atoms. The smallest absolute Gasteiger partial charge is 0.250 e. The van der Waals surface area contributed by atoms with Crippen LogP contribution in [0.4, 0.5) is 0 Å². The van der Waals surface area contributed by atoms with Crippen LogP contribution in [0.1, 0.15) is 30.7 Å². The lowest BCUT2D eigenvalue weighted by molar-refractivity contribution is -0.133. The molecule has 0 atom stereocenters. The molecular weight excluding hydrogens is 346 g/mol. The van der Waals surface area contributed by atoms with Gasteiger partial charge in [-0.15, -0.1) is 0 Å². The Balaban J connectivity index is 1.34. The standard InChI is InChI=1S/C19H23N5O3/c25-17(20-14-4-5-14)7-6-15-11-16-12-23(9-10-24(16)21-15)19(27)13-22-8-2-1-3-18(22)26/h1-3,8,11,14H,4-7,9-10,12-13H2,(H,20,25). The summed E-state index contributed by atoms with van der Waals surface area (Å²) < 4.78 is 3.32. The minimum absolute atomic E-state index is 0.0437. The summed E-state index contributed by atoms with van der Waals surface area (Å²) in [6.07, 6.45) is 4.84. The molecule has 1 aliphatic heterocycles. The van der Waals surface area contributed by atoms with Gasteiger partial charge in [-0.2, -0.15) is 5.10 Å². The Hall–Kier alpha value is -2.90. The molecule has 142 valence electrons. The molecule has 2 aromatic heterocycles. The molecule has 1 saturated carbocycles. The molecule has 2 aromatic rings. The van der Waals surface area contributed by atoms with E-state index in [0.29, 0.717) is 38.5 Å². The van der Waals surface area contributed by atoms with Crippen molar-refractivity contribution in [3.63, 3.8) is 0 Å². The minimum Gasteiger partial charge on any atom is -0.353 e. The first-order chi connectivity index (χ1) is 13.1. The highest BCUT2D eigenvalue weighted by molar-refractivity contribution is 5.77. The van der Waals surface area contributed by atoms with E-state index < -0.39 is 0 Å². The van der Waals surface area contributed by atoms with E-state index in [-0.39, 0.29) is 23.9 Å². The molecule has 2 aliphatic rings. The summed E-state index contributed by atoms with van der Waals surface area (Å²) in [6.45, 7) is 1.71. The van der Waals surface area contributed by atoms with E-state index in [9.17, 15) is 14.4 Å². The van der Waals surface area contributed by atoms with E-state index in [4.69, 9.17) is 0 Å². The summed E-state index contributed by atoms with van der Waals surface area (Å²) in [7, 11) is 0. The number of carbonyl (C=O) groups is 2. The normalized spacial score (nSPS) is 16.1. The van der Waals surface area contributed by atoms with Gasteiger partial charge in [0.1, 0.15) is 6.54 Å². The van der Waals surface area contributed by atoms with Gasteiger partial charge in [-0.1, -0.05) is 6.07 Å². The molecular formula is C19H23N5O3. The van der Waals surface area contributed by atoms with Crippen molar-refractivity contribution in [1.29, 1.82) is 0 Å². The number of carbonyl (C=O) groups excluding carboxylic acids is 2. The third-order valence-corrected chi connectivity index (χ3v) is 4.96. The van der Waals surface area contributed by atoms with Gasteiger partial charge in [0.15, 0.2) is 0 Å². The molecule has 4 rings (SSSR count). The van der Waals surface area contributed by atoms with Crippen LogP contribution in [-0.2, 0) is 35.6 Å². The largest absolute Gasteiger partial charge is 0.353 e. The van der Waals surface area contributed by atoms with Gasteiger partial charge in [-0.3, -0.25) is 19.1 Å². The Kier molecular flexibility index (Phi) is 4.79. The van der Waals surface area contributed by atoms with Crippen LogP contribution >= 0.6 is 0 Å². The monoisotopic (exact) mass is 369 g/mol. The second kappa shape index (κ2) is 7.38. The van der Waals surface area contributed by atoms with Crippen molar-refractivity contribution in [1.82, 2.24) is 24.6 Å². The zero-order valence-corrected chi connectivity index (χ0v) is 15.1. The van der Waals surface area contributed by atoms with E-state index in [1.807, 2.05) is 10.7 Å². The fraction of sp³-hybridized carbons (Fsp3) is 0.474. The average molecular weight is 369 g/mol. The van der Waals surface area contributed by atoms with Crippen LogP contribution in [-0.4, -0.2) is 43.6 Å². The predicted molar refractivity (Wildman–Crippen MR) is 97.8 cm³/mol. The molecule has 8 heteroatoms. The van der Waals surface area contributed by atoms with E-state index in [2.05, 4.69) is 10.4 Å². The topological polar surface area (TPSA) is 89.2 Å². The number of pyridine rings is 1. The number of aryl methyl sites for hydroxylation is 1. The Morgan fingerprint density at radius 1 is 1.22 bits per heavy atom. The minimum atomic E-state index is -0.181. The average Bonchev–Trinajstić information content (AvgIpc) is 3.37. The molecule has 0 spiro atoms. The Labute approximate surface area is 156 Å². The third kappa shape index (κ3) is 4.27. The third-order valence-electron chi connectivity index (χ3n) is 4.96. The molecule has 0 aromatic carbocycles. The SMILES string of the molecule is O=C(CCc1cc2n(n1)CCN(C(=O)Cn1ccccc1=O)C2)NC1CC1. The lowest BCUT2D eigenvalue weighted by atomic mass is 10.2. The van der Waals surface area contributed by atoms with Crippen LogP contribution in [0.25, 0.3) is 0 Å². The second-order valence-electron chi connectivity index (χ2n) is 7.17. The Morgan fingerprint density at radius 3 is 2.85 bits per heavy atom. The molecule has 0 saturated heterocycles. The summed E-state index contributed by atoms with van der Waals surface area (Å²) in [5, 5.41) is 7.53. The van der Waals surface area contributed by atoms with Gasteiger partial charge in [0.2, 0.25) is 11.8 Å². The van der Waals surface area contributed by atoms with Crippen molar-refractivity contribution in [2.45, 2.75) is 51.4 Å². The summed E-state index contributed by atoms with van der Waals surface area (Å²) >= 11 is 0. The van der Waals surface area contributed by atoms with Crippen molar-refractivity contribution < 1.29 is 9.59 Å². The molecule has 1 aliphatic carbocycles. The zero-order valence-electron chi connectivity index (χ0n) is 15.1. The maximum atomic E-state index is 12.5. The van der Waals surface area contributed by atoms with Crippen LogP contribution in [0.2, 0.25) is 0 Å². The van der Waals surface area contributed by atoms with Crippen LogP contribution in [0.3, 0.4) is 0 Å². The van der Waals surface area contributed by atoms with E-state index in [0.717, 1.165) is 24.2 Å². The lowest BCUT2D eigenvalue weighted by Gasteiger charge is -2.27. The summed E-state index contributed by atoms with van der Waals surface area (Å²) in [6, 6.07) is 7.20. The second-order valence-corrected chi connectivity index (χ2v) is 7.17. The van der Waals surface area contributed by atoms with E-state index in [1.54, 1.807) is 23.2 Å². The molecule has 0 bridgehead atoms. The fourth-order valence-electron chi connectivity index (χ4n) is 3.27. The van der Waals surface area contributed by atoms with Crippen LogP contribution in [0.15, 0.2) is 35.3 Å². The Bertz CT molecular complexity index is 912. The van der Waals surface area contributed by atoms with Crippen molar-refractivity contribution in [2.24, 2.45) is 0 Å². The number of rotatable bonds is 6. The van der Waals surface area contributed by atoms with Crippen LogP contribution in [0.5, 0.6) is 0 Å². The van der Waals surface area contributed by atoms with Crippen molar-refractivity contribution in [3.05, 3.63) is 52.2 Å². The quantitative estimate of drug-likeness (QED) is 0.793. The number of fused-ring (bicyclic) bond motifs is 1. The molecule has 1 fully saturated rings. The molecule has 0 radical (unpaired) electrons. The van der Waals surface area contributed by atoms with E-state index >= 15 is 0 Å². The van der Waals surface area contributed by atoms with Crippen LogP contribution in [0, 0.1) is 0 Å². The molecule has 0 unspecified atom stereocenters. The summed E-state index contributed by atoms with van der Waals surface area (Å²) in [4.78, 5) is 37.9. The number of hydrogen-bond donors (Lipinski definition) is 1. The molecule has 1 N–H and O–H groups in total. The van der Waals surface area contributed by atoms with Gasteiger partial charge < -0.3 is 14.8 Å². The van der Waals surface area contributed by atoms with Gasteiger partial charge in [0.25, 0.3) is 5.56 Å². The number of nitrogens with zero attached hydrogens (tertiary/aromatic N) is 4.